The van der Waals surface area contributed by atoms with Gasteiger partial charge in [0.25, 0.3) is 5.91 Å². The topological polar surface area (TPSA) is 73.9 Å². The number of carbonyl (C=O) groups is 2. The van der Waals surface area contributed by atoms with Crippen LogP contribution in [-0.2, 0) is 16.0 Å². The van der Waals surface area contributed by atoms with Gasteiger partial charge in [-0.05, 0) is 58.6 Å². The minimum Gasteiger partial charge on any atom is -0.492 e. The normalized spacial score (nSPS) is 10.3. The zero-order chi connectivity index (χ0) is 22.9. The first-order valence-corrected chi connectivity index (χ1v) is 10.9. The molecule has 0 aliphatic heterocycles. The number of benzene rings is 3. The van der Waals surface area contributed by atoms with Crippen molar-refractivity contribution in [3.8, 4) is 11.5 Å². The summed E-state index contributed by atoms with van der Waals surface area (Å²) >= 11 is 3.36. The Balaban J connectivity index is 1.64. The summed E-state index contributed by atoms with van der Waals surface area (Å²) in [4.78, 5) is 24.9. The van der Waals surface area contributed by atoms with Crippen LogP contribution < -0.4 is 14.8 Å². The van der Waals surface area contributed by atoms with Gasteiger partial charge in [-0.25, -0.2) is 4.79 Å². The highest BCUT2D eigenvalue weighted by Gasteiger charge is 2.17. The number of nitrogens with one attached hydrogen (secondary N) is 1. The van der Waals surface area contributed by atoms with Crippen LogP contribution >= 0.6 is 15.9 Å². The van der Waals surface area contributed by atoms with Gasteiger partial charge in [-0.3, -0.25) is 4.79 Å². The van der Waals surface area contributed by atoms with Gasteiger partial charge in [0, 0.05) is 5.69 Å². The first kappa shape index (κ1) is 23.3. The maximum absolute atomic E-state index is 12.5. The SMILES string of the molecule is CCOc1cc(C(=O)OCC(=O)Nc2ccccc2Cc2ccccc2)cc(Br)c1OC. The van der Waals surface area contributed by atoms with Crippen LogP contribution in [0.25, 0.3) is 0 Å². The number of methoxy groups -OCH3 is 1. The van der Waals surface area contributed by atoms with Gasteiger partial charge in [-0.2, -0.15) is 0 Å². The van der Waals surface area contributed by atoms with E-state index < -0.39 is 18.5 Å². The molecule has 6 nitrogen and oxygen atoms in total. The van der Waals surface area contributed by atoms with Crippen molar-refractivity contribution in [2.75, 3.05) is 25.6 Å². The fourth-order valence-corrected chi connectivity index (χ4v) is 3.76. The van der Waals surface area contributed by atoms with Crippen molar-refractivity contribution in [3.05, 3.63) is 87.9 Å². The van der Waals surface area contributed by atoms with Gasteiger partial charge in [0.15, 0.2) is 18.1 Å². The molecule has 0 radical (unpaired) electrons. The van der Waals surface area contributed by atoms with Crippen LogP contribution in [0, 0.1) is 0 Å². The molecule has 0 bridgehead atoms. The molecular weight excluding hydrogens is 474 g/mol. The van der Waals surface area contributed by atoms with Crippen LogP contribution in [0.1, 0.15) is 28.4 Å². The molecule has 0 saturated carbocycles. The summed E-state index contributed by atoms with van der Waals surface area (Å²) in [6.45, 7) is 1.83. The molecule has 3 aromatic carbocycles. The molecule has 0 atom stereocenters. The smallest absolute Gasteiger partial charge is 0.338 e. The molecular formula is C25H24BrNO5. The largest absolute Gasteiger partial charge is 0.492 e. The van der Waals surface area contributed by atoms with Crippen molar-refractivity contribution >= 4 is 33.5 Å². The molecule has 7 heteroatoms. The average Bonchev–Trinajstić information content (AvgIpc) is 2.79. The van der Waals surface area contributed by atoms with Gasteiger partial charge in [0.2, 0.25) is 0 Å². The molecule has 0 heterocycles. The summed E-state index contributed by atoms with van der Waals surface area (Å²) in [7, 11) is 1.51. The highest BCUT2D eigenvalue weighted by Crippen LogP contribution is 2.36. The molecule has 32 heavy (non-hydrogen) atoms. The van der Waals surface area contributed by atoms with E-state index in [1.54, 1.807) is 6.07 Å². The van der Waals surface area contributed by atoms with E-state index in [1.165, 1.54) is 13.2 Å². The van der Waals surface area contributed by atoms with Crippen LogP contribution in [0.15, 0.2) is 71.2 Å². The molecule has 0 saturated heterocycles. The Hall–Kier alpha value is -3.32. The Bertz CT molecular complexity index is 1080. The molecule has 0 spiro atoms. The van der Waals surface area contributed by atoms with Gasteiger partial charge in [0.1, 0.15) is 0 Å². The second-order valence-electron chi connectivity index (χ2n) is 6.87. The van der Waals surface area contributed by atoms with Crippen LogP contribution in [0.3, 0.4) is 0 Å². The summed E-state index contributed by atoms with van der Waals surface area (Å²) in [6, 6.07) is 20.6. The van der Waals surface area contributed by atoms with Gasteiger partial charge in [-0.15, -0.1) is 0 Å². The lowest BCUT2D eigenvalue weighted by Gasteiger charge is -2.13. The maximum Gasteiger partial charge on any atom is 0.338 e. The zero-order valence-electron chi connectivity index (χ0n) is 17.9. The Morgan fingerprint density at radius 2 is 1.72 bits per heavy atom. The van der Waals surface area contributed by atoms with E-state index in [4.69, 9.17) is 14.2 Å². The average molecular weight is 498 g/mol. The quantitative estimate of drug-likeness (QED) is 0.409. The lowest BCUT2D eigenvalue weighted by molar-refractivity contribution is -0.119. The van der Waals surface area contributed by atoms with Gasteiger partial charge >= 0.3 is 5.97 Å². The number of para-hydroxylation sites is 1. The van der Waals surface area contributed by atoms with E-state index in [-0.39, 0.29) is 5.56 Å². The molecule has 0 unspecified atom stereocenters. The summed E-state index contributed by atoms with van der Waals surface area (Å²) in [5.41, 5.74) is 3.04. The van der Waals surface area contributed by atoms with Gasteiger partial charge in [-0.1, -0.05) is 48.5 Å². The van der Waals surface area contributed by atoms with Gasteiger partial charge < -0.3 is 19.5 Å². The van der Waals surface area contributed by atoms with Crippen molar-refractivity contribution in [3.63, 3.8) is 0 Å². The fraction of sp³-hybridized carbons (Fsp3) is 0.200. The lowest BCUT2D eigenvalue weighted by atomic mass is 10.0. The monoisotopic (exact) mass is 497 g/mol. The Kier molecular flexibility index (Phi) is 8.27. The van der Waals surface area contributed by atoms with Gasteiger partial charge in [0.05, 0.1) is 23.8 Å². The standard InChI is InChI=1S/C25H24BrNO5/c1-3-31-22-15-19(14-20(26)24(22)30-2)25(29)32-16-23(28)27-21-12-8-7-11-18(21)13-17-9-5-4-6-10-17/h4-12,14-15H,3,13,16H2,1-2H3,(H,27,28). The number of ether oxygens (including phenoxy) is 3. The fourth-order valence-electron chi connectivity index (χ4n) is 3.16. The van der Waals surface area contributed by atoms with Crippen molar-refractivity contribution in [2.24, 2.45) is 0 Å². The third-order valence-electron chi connectivity index (χ3n) is 4.61. The number of esters is 1. The number of hydrogen-bond donors (Lipinski definition) is 1. The number of amides is 1. The lowest BCUT2D eigenvalue weighted by Crippen LogP contribution is -2.21. The molecule has 3 rings (SSSR count). The van der Waals surface area contributed by atoms with Crippen LogP contribution in [0.5, 0.6) is 11.5 Å². The van der Waals surface area contributed by atoms with Crippen molar-refractivity contribution in [1.82, 2.24) is 0 Å². The van der Waals surface area contributed by atoms with E-state index >= 15 is 0 Å². The van der Waals surface area contributed by atoms with Crippen LogP contribution in [0.4, 0.5) is 5.69 Å². The van der Waals surface area contributed by atoms with E-state index in [0.717, 1.165) is 11.1 Å². The molecule has 0 aromatic heterocycles. The summed E-state index contributed by atoms with van der Waals surface area (Å²) in [5.74, 6) is -0.162. The molecule has 0 fully saturated rings. The predicted octanol–water partition coefficient (Wildman–Crippen LogP) is 5.24. The third kappa shape index (κ3) is 6.11. The predicted molar refractivity (Wildman–Crippen MR) is 126 cm³/mol. The van der Waals surface area contributed by atoms with E-state index in [0.29, 0.717) is 34.7 Å². The third-order valence-corrected chi connectivity index (χ3v) is 5.20. The molecule has 1 N–H and O–H groups in total. The zero-order valence-corrected chi connectivity index (χ0v) is 19.5. The molecule has 166 valence electrons. The van der Waals surface area contributed by atoms with Crippen molar-refractivity contribution in [2.45, 2.75) is 13.3 Å². The highest BCUT2D eigenvalue weighted by molar-refractivity contribution is 9.10. The van der Waals surface area contributed by atoms with Crippen molar-refractivity contribution < 1.29 is 23.8 Å². The minimum absolute atomic E-state index is 0.249. The maximum atomic E-state index is 12.5. The van der Waals surface area contributed by atoms with E-state index in [2.05, 4.69) is 21.2 Å². The van der Waals surface area contributed by atoms with Crippen LogP contribution in [-0.4, -0.2) is 32.2 Å². The summed E-state index contributed by atoms with van der Waals surface area (Å²) in [6.07, 6.45) is 0.678. The number of halogens is 1. The number of hydrogen-bond acceptors (Lipinski definition) is 5. The molecule has 3 aromatic rings. The molecule has 1 amide bonds. The Morgan fingerprint density at radius 1 is 1.00 bits per heavy atom. The second-order valence-corrected chi connectivity index (χ2v) is 7.72. The van der Waals surface area contributed by atoms with Crippen molar-refractivity contribution in [1.29, 1.82) is 0 Å². The number of anilines is 1. The second kappa shape index (κ2) is 11.3. The molecule has 0 aliphatic carbocycles. The number of carbonyl (C=O) groups excluding carboxylic acids is 2. The van der Waals surface area contributed by atoms with Crippen LogP contribution in [0.2, 0.25) is 0 Å². The Morgan fingerprint density at radius 3 is 2.44 bits per heavy atom. The first-order chi connectivity index (χ1) is 15.5. The highest BCUT2D eigenvalue weighted by atomic mass is 79.9. The number of rotatable bonds is 9. The first-order valence-electron chi connectivity index (χ1n) is 10.1. The summed E-state index contributed by atoms with van der Waals surface area (Å²) in [5, 5.41) is 2.83. The Labute approximate surface area is 195 Å². The summed E-state index contributed by atoms with van der Waals surface area (Å²) < 4.78 is 16.6. The van der Waals surface area contributed by atoms with E-state index in [1.807, 2.05) is 61.5 Å². The molecule has 0 aliphatic rings. The minimum atomic E-state index is -0.637. The van der Waals surface area contributed by atoms with E-state index in [9.17, 15) is 9.59 Å².